The maximum absolute atomic E-state index is 6.36. The van der Waals surface area contributed by atoms with Gasteiger partial charge in [-0.2, -0.15) is 0 Å². The molecule has 176 valence electrons. The van der Waals surface area contributed by atoms with Crippen LogP contribution in [0, 0.1) is 0 Å². The highest BCUT2D eigenvalue weighted by atomic mass is 35.5. The average molecular weight is 495 g/mol. The topological polar surface area (TPSA) is 25.8 Å². The normalized spacial score (nSPS) is 10.8. The van der Waals surface area contributed by atoms with Crippen LogP contribution < -0.4 is 0 Å². The molecule has 1 heterocycles. The van der Waals surface area contributed by atoms with Crippen LogP contribution in [0.2, 0.25) is 5.28 Å². The van der Waals surface area contributed by atoms with Gasteiger partial charge in [0.1, 0.15) is 0 Å². The largest absolute Gasteiger partial charge is 0.223 e. The fraction of sp³-hybridized carbons (Fsp3) is 0. The van der Waals surface area contributed by atoms with Gasteiger partial charge in [0, 0.05) is 11.1 Å². The Hall–Kier alpha value is -4.53. The minimum absolute atomic E-state index is 0.235. The lowest BCUT2D eigenvalue weighted by atomic mass is 9.98. The third-order valence-electron chi connectivity index (χ3n) is 6.47. The second kappa shape index (κ2) is 10.2. The first-order chi connectivity index (χ1) is 18.2. The first-order valence-electron chi connectivity index (χ1n) is 12.2. The van der Waals surface area contributed by atoms with Gasteiger partial charge in [-0.15, -0.1) is 0 Å². The summed E-state index contributed by atoms with van der Waals surface area (Å²) in [6.07, 6.45) is 0. The van der Waals surface area contributed by atoms with Crippen molar-refractivity contribution in [2.45, 2.75) is 0 Å². The lowest BCUT2D eigenvalue weighted by molar-refractivity contribution is 1.18. The molecule has 2 nitrogen and oxygen atoms in total. The Kier molecular flexibility index (Phi) is 6.33. The molecule has 0 aliphatic carbocycles. The Morgan fingerprint density at radius 2 is 0.676 bits per heavy atom. The first-order valence-corrected chi connectivity index (χ1v) is 12.6. The standard InChI is InChI=1S/C34H23ClN2/c35-34-36-32(28-18-14-26(15-19-28)24-8-3-1-4-9-24)23-33(37-34)29-20-16-27(17-21-29)31-13-7-12-30(22-31)25-10-5-2-6-11-25/h1-23H. The van der Waals surface area contributed by atoms with Gasteiger partial charge in [-0.05, 0) is 57.1 Å². The number of halogens is 1. The summed E-state index contributed by atoms with van der Waals surface area (Å²) in [6, 6.07) is 48.2. The lowest BCUT2D eigenvalue weighted by Gasteiger charge is -2.09. The van der Waals surface area contributed by atoms with Crippen LogP contribution >= 0.6 is 11.6 Å². The van der Waals surface area contributed by atoms with Crippen LogP contribution in [0.5, 0.6) is 0 Å². The number of hydrogen-bond donors (Lipinski definition) is 0. The molecule has 0 N–H and O–H groups in total. The van der Waals surface area contributed by atoms with E-state index in [1.165, 1.54) is 22.3 Å². The van der Waals surface area contributed by atoms with E-state index in [1.807, 2.05) is 30.3 Å². The molecule has 0 aliphatic rings. The van der Waals surface area contributed by atoms with E-state index in [-0.39, 0.29) is 5.28 Å². The Balaban J connectivity index is 1.28. The molecule has 0 bridgehead atoms. The van der Waals surface area contributed by atoms with Crippen molar-refractivity contribution in [3.05, 3.63) is 145 Å². The van der Waals surface area contributed by atoms with Gasteiger partial charge in [0.25, 0.3) is 0 Å². The molecule has 0 atom stereocenters. The van der Waals surface area contributed by atoms with Gasteiger partial charge in [0.2, 0.25) is 5.28 Å². The number of rotatable bonds is 5. The number of nitrogens with zero attached hydrogens (tertiary/aromatic N) is 2. The van der Waals surface area contributed by atoms with E-state index in [9.17, 15) is 0 Å². The summed E-state index contributed by atoms with van der Waals surface area (Å²) < 4.78 is 0. The summed E-state index contributed by atoms with van der Waals surface area (Å²) in [5.41, 5.74) is 10.7. The molecule has 1 aromatic heterocycles. The molecule has 0 radical (unpaired) electrons. The molecule has 0 spiro atoms. The van der Waals surface area contributed by atoms with Gasteiger partial charge in [0.15, 0.2) is 0 Å². The zero-order chi connectivity index (χ0) is 25.0. The van der Waals surface area contributed by atoms with E-state index in [2.05, 4.69) is 119 Å². The molecule has 5 aromatic carbocycles. The zero-order valence-corrected chi connectivity index (χ0v) is 20.8. The molecule has 0 unspecified atom stereocenters. The Bertz CT molecular complexity index is 1640. The fourth-order valence-electron chi connectivity index (χ4n) is 4.52. The van der Waals surface area contributed by atoms with Crippen LogP contribution in [0.4, 0.5) is 0 Å². The molecular weight excluding hydrogens is 472 g/mol. The third-order valence-corrected chi connectivity index (χ3v) is 6.64. The van der Waals surface area contributed by atoms with Gasteiger partial charge >= 0.3 is 0 Å². The highest BCUT2D eigenvalue weighted by Gasteiger charge is 2.09. The van der Waals surface area contributed by atoms with Gasteiger partial charge < -0.3 is 0 Å². The molecule has 0 aliphatic heterocycles. The van der Waals surface area contributed by atoms with Crippen molar-refractivity contribution in [2.75, 3.05) is 0 Å². The van der Waals surface area contributed by atoms with E-state index < -0.39 is 0 Å². The minimum atomic E-state index is 0.235. The SMILES string of the molecule is Clc1nc(-c2ccc(-c3ccccc3)cc2)cc(-c2ccc(-c3cccc(-c4ccccc4)c3)cc2)n1. The molecule has 6 rings (SSSR count). The zero-order valence-electron chi connectivity index (χ0n) is 20.1. The Morgan fingerprint density at radius 3 is 1.16 bits per heavy atom. The molecule has 0 saturated heterocycles. The Morgan fingerprint density at radius 1 is 0.324 bits per heavy atom. The molecule has 0 amide bonds. The van der Waals surface area contributed by atoms with Crippen LogP contribution in [-0.2, 0) is 0 Å². The van der Waals surface area contributed by atoms with Crippen LogP contribution in [0.1, 0.15) is 0 Å². The predicted molar refractivity (Wildman–Crippen MR) is 154 cm³/mol. The van der Waals surface area contributed by atoms with E-state index in [4.69, 9.17) is 11.6 Å². The van der Waals surface area contributed by atoms with Crippen molar-refractivity contribution in [1.29, 1.82) is 0 Å². The third kappa shape index (κ3) is 5.06. The second-order valence-corrected chi connectivity index (χ2v) is 9.21. The fourth-order valence-corrected chi connectivity index (χ4v) is 4.70. The summed E-state index contributed by atoms with van der Waals surface area (Å²) in [5.74, 6) is 0. The summed E-state index contributed by atoms with van der Waals surface area (Å²) >= 11 is 6.36. The minimum Gasteiger partial charge on any atom is -0.218 e. The molecule has 6 aromatic rings. The molecule has 37 heavy (non-hydrogen) atoms. The highest BCUT2D eigenvalue weighted by Crippen LogP contribution is 2.30. The van der Waals surface area contributed by atoms with Crippen LogP contribution in [0.15, 0.2) is 140 Å². The summed E-state index contributed by atoms with van der Waals surface area (Å²) in [5, 5.41) is 0.235. The average Bonchev–Trinajstić information content (AvgIpc) is 2.98. The van der Waals surface area contributed by atoms with Gasteiger partial charge in [-0.25, -0.2) is 9.97 Å². The van der Waals surface area contributed by atoms with Crippen LogP contribution in [0.25, 0.3) is 55.9 Å². The van der Waals surface area contributed by atoms with Crippen molar-refractivity contribution in [1.82, 2.24) is 9.97 Å². The highest BCUT2D eigenvalue weighted by molar-refractivity contribution is 6.28. The van der Waals surface area contributed by atoms with Crippen molar-refractivity contribution in [3.8, 4) is 55.9 Å². The summed E-state index contributed by atoms with van der Waals surface area (Å²) in [6.45, 7) is 0. The van der Waals surface area contributed by atoms with Crippen LogP contribution in [0.3, 0.4) is 0 Å². The summed E-state index contributed by atoms with van der Waals surface area (Å²) in [7, 11) is 0. The van der Waals surface area contributed by atoms with Gasteiger partial charge in [0.05, 0.1) is 11.4 Å². The van der Waals surface area contributed by atoms with E-state index >= 15 is 0 Å². The molecule has 0 fully saturated rings. The quantitative estimate of drug-likeness (QED) is 0.223. The molecule has 3 heteroatoms. The molecule has 0 saturated carbocycles. The molecular formula is C34H23ClN2. The van der Waals surface area contributed by atoms with Gasteiger partial charge in [-0.3, -0.25) is 0 Å². The van der Waals surface area contributed by atoms with Gasteiger partial charge in [-0.1, -0.05) is 127 Å². The van der Waals surface area contributed by atoms with E-state index in [0.29, 0.717) is 0 Å². The Labute approximate surface area is 221 Å². The number of hydrogen-bond acceptors (Lipinski definition) is 2. The summed E-state index contributed by atoms with van der Waals surface area (Å²) in [4.78, 5) is 9.00. The lowest BCUT2D eigenvalue weighted by Crippen LogP contribution is -1.92. The second-order valence-electron chi connectivity index (χ2n) is 8.88. The number of benzene rings is 5. The van der Waals surface area contributed by atoms with Crippen molar-refractivity contribution in [2.24, 2.45) is 0 Å². The van der Waals surface area contributed by atoms with Crippen molar-refractivity contribution < 1.29 is 0 Å². The first kappa shape index (κ1) is 22.9. The maximum Gasteiger partial charge on any atom is 0.223 e. The monoisotopic (exact) mass is 494 g/mol. The van der Waals surface area contributed by atoms with E-state index in [0.717, 1.165) is 33.6 Å². The van der Waals surface area contributed by atoms with Crippen LogP contribution in [-0.4, -0.2) is 9.97 Å². The number of aromatic nitrogens is 2. The smallest absolute Gasteiger partial charge is 0.218 e. The van der Waals surface area contributed by atoms with Crippen molar-refractivity contribution >= 4 is 11.6 Å². The van der Waals surface area contributed by atoms with Crippen molar-refractivity contribution in [3.63, 3.8) is 0 Å². The van der Waals surface area contributed by atoms with E-state index in [1.54, 1.807) is 0 Å². The maximum atomic E-state index is 6.36. The predicted octanol–water partition coefficient (Wildman–Crippen LogP) is 9.46.